The largest absolute Gasteiger partial charge is 0.497 e. The summed E-state index contributed by atoms with van der Waals surface area (Å²) in [6, 6.07) is 13.3. The zero-order valence-corrected chi connectivity index (χ0v) is 21.0. The average Bonchev–Trinajstić information content (AvgIpc) is 2.91. The second-order valence-electron chi connectivity index (χ2n) is 8.52. The lowest BCUT2D eigenvalue weighted by molar-refractivity contribution is -0.134. The molecule has 1 unspecified atom stereocenters. The third kappa shape index (κ3) is 6.12. The highest BCUT2D eigenvalue weighted by Crippen LogP contribution is 2.26. The number of likely N-dealkylation sites (N-methyl/N-ethyl adjacent to an activating group) is 1. The fraction of sp³-hybridized carbons (Fsp3) is 0.444. The van der Waals surface area contributed by atoms with E-state index in [4.69, 9.17) is 9.47 Å². The van der Waals surface area contributed by atoms with Crippen molar-refractivity contribution in [2.45, 2.75) is 32.7 Å². The van der Waals surface area contributed by atoms with Crippen LogP contribution in [-0.2, 0) is 4.79 Å². The lowest BCUT2D eigenvalue weighted by Crippen LogP contribution is -2.54. The van der Waals surface area contributed by atoms with Crippen LogP contribution in [0.4, 0.5) is 0 Å². The maximum atomic E-state index is 13.4. The summed E-state index contributed by atoms with van der Waals surface area (Å²) in [6.07, 6.45) is 1.23. The lowest BCUT2D eigenvalue weighted by atomic mass is 9.87. The van der Waals surface area contributed by atoms with Gasteiger partial charge in [0.2, 0.25) is 5.91 Å². The molecule has 1 fully saturated rings. The number of hydrogen-bond donors (Lipinski definition) is 1. The fourth-order valence-corrected chi connectivity index (χ4v) is 4.51. The molecule has 0 spiro atoms. The van der Waals surface area contributed by atoms with Crippen LogP contribution >= 0.6 is 0 Å². The molecule has 1 aliphatic heterocycles. The molecule has 0 aliphatic carbocycles. The van der Waals surface area contributed by atoms with Gasteiger partial charge >= 0.3 is 0 Å². The smallest absolute Gasteiger partial charge is 0.257 e. The van der Waals surface area contributed by atoms with E-state index in [9.17, 15) is 14.4 Å². The molecular weight excluding hydrogens is 446 g/mol. The van der Waals surface area contributed by atoms with Crippen LogP contribution in [0.5, 0.6) is 11.5 Å². The molecule has 0 saturated carbocycles. The fourth-order valence-electron chi connectivity index (χ4n) is 4.51. The van der Waals surface area contributed by atoms with E-state index in [1.807, 2.05) is 26.0 Å². The number of carbonyl (C=O) groups excluding carboxylic acids is 3. The van der Waals surface area contributed by atoms with Crippen molar-refractivity contribution >= 4 is 17.7 Å². The zero-order valence-electron chi connectivity index (χ0n) is 21.0. The van der Waals surface area contributed by atoms with Crippen LogP contribution in [0.2, 0.25) is 0 Å². The van der Waals surface area contributed by atoms with Gasteiger partial charge in [-0.3, -0.25) is 14.4 Å². The maximum Gasteiger partial charge on any atom is 0.257 e. The van der Waals surface area contributed by atoms with Gasteiger partial charge < -0.3 is 24.6 Å². The molecule has 188 valence electrons. The molecule has 1 atom stereocenters. The minimum Gasteiger partial charge on any atom is -0.497 e. The van der Waals surface area contributed by atoms with E-state index in [0.29, 0.717) is 61.6 Å². The molecule has 2 aromatic rings. The SMILES string of the molecule is CCN(CC)C(=O)C(NC(=O)c1ccc(OC)cc1)C1CCN(C(=O)c2ccccc2OC)CC1. The molecule has 0 bridgehead atoms. The third-order valence-electron chi connectivity index (χ3n) is 6.62. The van der Waals surface area contributed by atoms with E-state index < -0.39 is 6.04 Å². The standard InChI is InChI=1S/C27H35N3O5/c1-5-29(6-2)27(33)24(28-25(31)20-11-13-21(34-3)14-12-20)19-15-17-30(18-16-19)26(32)22-9-7-8-10-23(22)35-4/h7-14,19,24H,5-6,15-18H2,1-4H3,(H,28,31). The van der Waals surface area contributed by atoms with Crippen LogP contribution in [0.25, 0.3) is 0 Å². The summed E-state index contributed by atoms with van der Waals surface area (Å²) in [7, 11) is 3.12. The number of likely N-dealkylation sites (tertiary alicyclic amines) is 1. The summed E-state index contributed by atoms with van der Waals surface area (Å²) in [5, 5.41) is 2.99. The Hall–Kier alpha value is -3.55. The molecule has 8 nitrogen and oxygen atoms in total. The van der Waals surface area contributed by atoms with Crippen LogP contribution in [0.3, 0.4) is 0 Å². The Morgan fingerprint density at radius 2 is 1.60 bits per heavy atom. The van der Waals surface area contributed by atoms with Crippen LogP contribution < -0.4 is 14.8 Å². The number of piperidine rings is 1. The molecule has 1 aliphatic rings. The first-order chi connectivity index (χ1) is 16.9. The summed E-state index contributed by atoms with van der Waals surface area (Å²) in [6.45, 7) is 5.99. The first kappa shape index (κ1) is 26.1. The van der Waals surface area contributed by atoms with Crippen molar-refractivity contribution in [3.05, 3.63) is 59.7 Å². The van der Waals surface area contributed by atoms with Crippen LogP contribution in [-0.4, -0.2) is 74.0 Å². The van der Waals surface area contributed by atoms with E-state index in [1.165, 1.54) is 0 Å². The number of amides is 3. The molecule has 8 heteroatoms. The normalized spacial score (nSPS) is 14.7. The Morgan fingerprint density at radius 1 is 0.971 bits per heavy atom. The highest BCUT2D eigenvalue weighted by Gasteiger charge is 2.36. The van der Waals surface area contributed by atoms with Crippen molar-refractivity contribution in [3.63, 3.8) is 0 Å². The Balaban J connectivity index is 1.74. The van der Waals surface area contributed by atoms with Gasteiger partial charge in [-0.05, 0) is 69.0 Å². The number of ether oxygens (including phenoxy) is 2. The van der Waals surface area contributed by atoms with E-state index in [2.05, 4.69) is 5.32 Å². The quantitative estimate of drug-likeness (QED) is 0.594. The van der Waals surface area contributed by atoms with Crippen molar-refractivity contribution in [3.8, 4) is 11.5 Å². The van der Waals surface area contributed by atoms with Gasteiger partial charge in [0.15, 0.2) is 0 Å². The number of nitrogens with zero attached hydrogens (tertiary/aromatic N) is 2. The Bertz CT molecular complexity index is 1010. The predicted octanol–water partition coefficient (Wildman–Crippen LogP) is 3.22. The Kier molecular flexibility index (Phi) is 9.11. The highest BCUT2D eigenvalue weighted by atomic mass is 16.5. The molecule has 1 N–H and O–H groups in total. The van der Waals surface area contributed by atoms with Gasteiger partial charge in [0.25, 0.3) is 11.8 Å². The first-order valence-electron chi connectivity index (χ1n) is 12.1. The van der Waals surface area contributed by atoms with E-state index in [0.717, 1.165) is 0 Å². The minimum absolute atomic E-state index is 0.0768. The lowest BCUT2D eigenvalue weighted by Gasteiger charge is -2.37. The molecule has 1 saturated heterocycles. The summed E-state index contributed by atoms with van der Waals surface area (Å²) >= 11 is 0. The number of rotatable bonds is 9. The monoisotopic (exact) mass is 481 g/mol. The minimum atomic E-state index is -0.659. The number of methoxy groups -OCH3 is 2. The maximum absolute atomic E-state index is 13.4. The van der Waals surface area contributed by atoms with Crippen molar-refractivity contribution in [2.75, 3.05) is 40.4 Å². The molecule has 1 heterocycles. The summed E-state index contributed by atoms with van der Waals surface area (Å²) < 4.78 is 10.5. The number of nitrogens with one attached hydrogen (secondary N) is 1. The molecular formula is C27H35N3O5. The van der Waals surface area contributed by atoms with Crippen LogP contribution in [0.15, 0.2) is 48.5 Å². The van der Waals surface area contributed by atoms with Crippen molar-refractivity contribution in [1.82, 2.24) is 15.1 Å². The Labute approximate surface area is 207 Å². The van der Waals surface area contributed by atoms with Gasteiger partial charge in [0, 0.05) is 31.7 Å². The Morgan fingerprint density at radius 3 is 2.17 bits per heavy atom. The molecule has 3 amide bonds. The van der Waals surface area contributed by atoms with Crippen molar-refractivity contribution < 1.29 is 23.9 Å². The van der Waals surface area contributed by atoms with E-state index in [-0.39, 0.29) is 23.6 Å². The van der Waals surface area contributed by atoms with E-state index in [1.54, 1.807) is 60.4 Å². The molecule has 0 aromatic heterocycles. The highest BCUT2D eigenvalue weighted by molar-refractivity contribution is 5.98. The molecule has 35 heavy (non-hydrogen) atoms. The van der Waals surface area contributed by atoms with Gasteiger partial charge in [-0.1, -0.05) is 12.1 Å². The van der Waals surface area contributed by atoms with E-state index >= 15 is 0 Å². The predicted molar refractivity (Wildman–Crippen MR) is 134 cm³/mol. The second kappa shape index (κ2) is 12.2. The number of benzene rings is 2. The van der Waals surface area contributed by atoms with Crippen molar-refractivity contribution in [1.29, 1.82) is 0 Å². The van der Waals surface area contributed by atoms with Gasteiger partial charge in [0.05, 0.1) is 19.8 Å². The first-order valence-corrected chi connectivity index (χ1v) is 12.1. The van der Waals surface area contributed by atoms with Gasteiger partial charge in [0.1, 0.15) is 17.5 Å². The van der Waals surface area contributed by atoms with Crippen LogP contribution in [0.1, 0.15) is 47.4 Å². The third-order valence-corrected chi connectivity index (χ3v) is 6.62. The molecule has 2 aromatic carbocycles. The van der Waals surface area contributed by atoms with Gasteiger partial charge in [-0.15, -0.1) is 0 Å². The zero-order chi connectivity index (χ0) is 25.4. The molecule has 0 radical (unpaired) electrons. The van der Waals surface area contributed by atoms with Crippen molar-refractivity contribution in [2.24, 2.45) is 5.92 Å². The van der Waals surface area contributed by atoms with Gasteiger partial charge in [-0.2, -0.15) is 0 Å². The number of carbonyl (C=O) groups is 3. The average molecular weight is 482 g/mol. The number of para-hydroxylation sites is 1. The summed E-state index contributed by atoms with van der Waals surface area (Å²) in [5.74, 6) is 0.643. The second-order valence-corrected chi connectivity index (χ2v) is 8.52. The van der Waals surface area contributed by atoms with Gasteiger partial charge in [-0.25, -0.2) is 0 Å². The summed E-state index contributed by atoms with van der Waals surface area (Å²) in [5.41, 5.74) is 0.990. The molecule has 3 rings (SSSR count). The number of hydrogen-bond acceptors (Lipinski definition) is 5. The van der Waals surface area contributed by atoms with Crippen LogP contribution in [0, 0.1) is 5.92 Å². The summed E-state index contributed by atoms with van der Waals surface area (Å²) in [4.78, 5) is 43.0. The topological polar surface area (TPSA) is 88.2 Å².